The number of hydrogen-bond donors (Lipinski definition) is 1. The minimum Gasteiger partial charge on any atom is -0.307 e. The molecule has 19 heavy (non-hydrogen) atoms. The summed E-state index contributed by atoms with van der Waals surface area (Å²) in [5, 5.41) is 3.88. The Labute approximate surface area is 116 Å². The third-order valence-electron chi connectivity index (χ3n) is 2.81. The summed E-state index contributed by atoms with van der Waals surface area (Å²) < 4.78 is 49.1. The number of rotatable bonds is 2. The molecule has 2 rings (SSSR count). The highest BCUT2D eigenvalue weighted by Crippen LogP contribution is 2.34. The van der Waals surface area contributed by atoms with Crippen molar-refractivity contribution in [3.8, 4) is 0 Å². The first-order valence-corrected chi connectivity index (χ1v) is 7.57. The summed E-state index contributed by atoms with van der Waals surface area (Å²) in [6.45, 7) is -0.251. The molecule has 104 valence electrons. The van der Waals surface area contributed by atoms with Crippen molar-refractivity contribution in [2.24, 2.45) is 5.14 Å². The molecule has 1 amide bonds. The van der Waals surface area contributed by atoms with Crippen molar-refractivity contribution in [3.63, 3.8) is 0 Å². The summed E-state index contributed by atoms with van der Waals surface area (Å²) in [4.78, 5) is 12.7. The molecule has 0 aromatic heterocycles. The Bertz CT molecular complexity index is 627. The van der Waals surface area contributed by atoms with Crippen molar-refractivity contribution in [2.45, 2.75) is 11.7 Å². The fourth-order valence-corrected chi connectivity index (χ4v) is 3.26. The summed E-state index contributed by atoms with van der Waals surface area (Å²) in [5.41, 5.74) is -0.183. The minimum atomic E-state index is -3.88. The zero-order valence-electron chi connectivity index (χ0n) is 9.44. The van der Waals surface area contributed by atoms with Gasteiger partial charge in [-0.15, -0.1) is 0 Å². The van der Waals surface area contributed by atoms with Crippen LogP contribution in [0.1, 0.15) is 6.42 Å². The summed E-state index contributed by atoms with van der Waals surface area (Å²) >= 11 is 2.95. The van der Waals surface area contributed by atoms with Gasteiger partial charge in [0.2, 0.25) is 15.9 Å². The van der Waals surface area contributed by atoms with E-state index in [-0.39, 0.29) is 23.1 Å². The molecule has 1 unspecified atom stereocenters. The van der Waals surface area contributed by atoms with Crippen LogP contribution in [0.15, 0.2) is 16.6 Å². The van der Waals surface area contributed by atoms with Gasteiger partial charge in [0.1, 0.15) is 11.1 Å². The van der Waals surface area contributed by atoms with Crippen LogP contribution in [0.25, 0.3) is 0 Å². The van der Waals surface area contributed by atoms with E-state index in [1.54, 1.807) is 0 Å². The zero-order valence-corrected chi connectivity index (χ0v) is 11.8. The second kappa shape index (κ2) is 4.80. The molecule has 1 atom stereocenters. The molecule has 0 spiro atoms. The number of sulfonamides is 1. The zero-order chi connectivity index (χ0) is 14.4. The molecule has 1 saturated heterocycles. The van der Waals surface area contributed by atoms with Gasteiger partial charge in [-0.25, -0.2) is 22.3 Å². The molecule has 0 aliphatic carbocycles. The fourth-order valence-electron chi connectivity index (χ4n) is 1.90. The van der Waals surface area contributed by atoms with Crippen LogP contribution in [0, 0.1) is 11.6 Å². The number of primary sulfonamides is 1. The monoisotopic (exact) mass is 354 g/mol. The van der Waals surface area contributed by atoms with Crippen LogP contribution >= 0.6 is 15.9 Å². The lowest BCUT2D eigenvalue weighted by Gasteiger charge is -2.18. The standard InChI is InChI=1S/C10H9BrF2N2O3S/c11-7-1-5(12)2-8(13)10(7)15-4-6(3-9(15)16)19(14,17)18/h1-2,6H,3-4H2,(H2,14,17,18). The fraction of sp³-hybridized carbons (Fsp3) is 0.300. The number of halogens is 3. The third kappa shape index (κ3) is 2.77. The van der Waals surface area contributed by atoms with Crippen molar-refractivity contribution >= 4 is 37.5 Å². The minimum absolute atomic E-state index is 0.0356. The highest BCUT2D eigenvalue weighted by molar-refractivity contribution is 9.10. The molecular weight excluding hydrogens is 346 g/mol. The first-order chi connectivity index (χ1) is 8.70. The second-order valence-electron chi connectivity index (χ2n) is 4.14. The summed E-state index contributed by atoms with van der Waals surface area (Å²) in [5.74, 6) is -2.33. The van der Waals surface area contributed by atoms with E-state index >= 15 is 0 Å². The Hall–Kier alpha value is -1.06. The van der Waals surface area contributed by atoms with Gasteiger partial charge in [0.25, 0.3) is 0 Å². The normalized spacial score (nSPS) is 20.1. The predicted molar refractivity (Wildman–Crippen MR) is 67.9 cm³/mol. The van der Waals surface area contributed by atoms with E-state index in [2.05, 4.69) is 15.9 Å². The molecule has 1 fully saturated rings. The number of anilines is 1. The van der Waals surface area contributed by atoms with Gasteiger partial charge in [0, 0.05) is 23.5 Å². The maximum atomic E-state index is 13.7. The lowest BCUT2D eigenvalue weighted by molar-refractivity contribution is -0.117. The lowest BCUT2D eigenvalue weighted by Crippen LogP contribution is -2.32. The smallest absolute Gasteiger partial charge is 0.228 e. The number of nitrogens with two attached hydrogens (primary N) is 1. The van der Waals surface area contributed by atoms with Crippen LogP contribution in [0.4, 0.5) is 14.5 Å². The van der Waals surface area contributed by atoms with Crippen molar-refractivity contribution in [1.29, 1.82) is 0 Å². The Morgan fingerprint density at radius 2 is 2.00 bits per heavy atom. The average Bonchev–Trinajstić information content (AvgIpc) is 2.59. The highest BCUT2D eigenvalue weighted by Gasteiger charge is 2.38. The molecule has 9 heteroatoms. The SMILES string of the molecule is NS(=O)(=O)C1CC(=O)N(c2c(F)cc(F)cc2Br)C1. The maximum Gasteiger partial charge on any atom is 0.228 e. The largest absolute Gasteiger partial charge is 0.307 e. The van der Waals surface area contributed by atoms with Gasteiger partial charge in [-0.2, -0.15) is 0 Å². The van der Waals surface area contributed by atoms with Crippen molar-refractivity contribution in [3.05, 3.63) is 28.2 Å². The van der Waals surface area contributed by atoms with Gasteiger partial charge >= 0.3 is 0 Å². The third-order valence-corrected chi connectivity index (χ3v) is 4.66. The molecule has 0 radical (unpaired) electrons. The molecule has 1 heterocycles. The Morgan fingerprint density at radius 3 is 2.47 bits per heavy atom. The predicted octanol–water partition coefficient (Wildman–Crippen LogP) is 1.12. The van der Waals surface area contributed by atoms with Gasteiger partial charge in [0.15, 0.2) is 5.82 Å². The number of benzene rings is 1. The summed E-state index contributed by atoms with van der Waals surface area (Å²) in [7, 11) is -3.88. The van der Waals surface area contributed by atoms with Gasteiger partial charge in [-0.05, 0) is 22.0 Å². The van der Waals surface area contributed by atoms with Crippen LogP contribution in [0.3, 0.4) is 0 Å². The topological polar surface area (TPSA) is 80.5 Å². The second-order valence-corrected chi connectivity index (χ2v) is 6.84. The molecule has 2 N–H and O–H groups in total. The summed E-state index contributed by atoms with van der Waals surface area (Å²) in [6.07, 6.45) is -0.317. The van der Waals surface area contributed by atoms with Crippen LogP contribution < -0.4 is 10.0 Å². The van der Waals surface area contributed by atoms with Crippen LogP contribution in [-0.2, 0) is 14.8 Å². The van der Waals surface area contributed by atoms with Crippen molar-refractivity contribution in [1.82, 2.24) is 0 Å². The van der Waals surface area contributed by atoms with Gasteiger partial charge < -0.3 is 4.90 Å². The molecule has 5 nitrogen and oxygen atoms in total. The van der Waals surface area contributed by atoms with E-state index in [4.69, 9.17) is 5.14 Å². The van der Waals surface area contributed by atoms with E-state index in [1.807, 2.05) is 0 Å². The summed E-state index contributed by atoms with van der Waals surface area (Å²) in [6, 6.07) is 1.62. The number of amides is 1. The van der Waals surface area contributed by atoms with E-state index in [9.17, 15) is 22.0 Å². The Balaban J connectivity index is 2.42. The van der Waals surface area contributed by atoms with Crippen molar-refractivity contribution in [2.75, 3.05) is 11.4 Å². The average molecular weight is 355 g/mol. The molecule has 1 aromatic rings. The van der Waals surface area contributed by atoms with Gasteiger partial charge in [0.05, 0.1) is 5.69 Å². The first kappa shape index (κ1) is 14.4. The number of carbonyl (C=O) groups is 1. The quantitative estimate of drug-likeness (QED) is 0.864. The molecular formula is C10H9BrF2N2O3S. The highest BCUT2D eigenvalue weighted by atomic mass is 79.9. The van der Waals surface area contributed by atoms with E-state index in [0.29, 0.717) is 6.07 Å². The first-order valence-electron chi connectivity index (χ1n) is 5.16. The lowest BCUT2D eigenvalue weighted by atomic mass is 10.2. The molecule has 1 aliphatic heterocycles. The molecule has 1 aromatic carbocycles. The van der Waals surface area contributed by atoms with Crippen molar-refractivity contribution < 1.29 is 22.0 Å². The molecule has 1 aliphatic rings. The van der Waals surface area contributed by atoms with E-state index in [1.165, 1.54) is 0 Å². The Morgan fingerprint density at radius 1 is 1.37 bits per heavy atom. The maximum absolute atomic E-state index is 13.7. The van der Waals surface area contributed by atoms with Gasteiger partial charge in [-0.3, -0.25) is 4.79 Å². The van der Waals surface area contributed by atoms with E-state index in [0.717, 1.165) is 11.0 Å². The van der Waals surface area contributed by atoms with Crippen LogP contribution in [0.5, 0.6) is 0 Å². The Kier molecular flexibility index (Phi) is 3.63. The molecule has 0 bridgehead atoms. The van der Waals surface area contributed by atoms with Crippen LogP contribution in [-0.4, -0.2) is 26.1 Å². The molecule has 0 saturated carbocycles. The number of nitrogens with zero attached hydrogens (tertiary/aromatic N) is 1. The van der Waals surface area contributed by atoms with Gasteiger partial charge in [-0.1, -0.05) is 0 Å². The van der Waals surface area contributed by atoms with E-state index < -0.39 is 32.8 Å². The number of hydrogen-bond acceptors (Lipinski definition) is 3. The number of carbonyl (C=O) groups excluding carboxylic acids is 1. The van der Waals surface area contributed by atoms with Crippen LogP contribution in [0.2, 0.25) is 0 Å².